The highest BCUT2D eigenvalue weighted by Gasteiger charge is 2.11. The average molecular weight is 279 g/mol. The summed E-state index contributed by atoms with van der Waals surface area (Å²) < 4.78 is 0. The van der Waals surface area contributed by atoms with Gasteiger partial charge in [0.05, 0.1) is 0 Å². The van der Waals surface area contributed by atoms with Crippen molar-refractivity contribution in [3.63, 3.8) is 0 Å². The molecule has 0 aliphatic rings. The van der Waals surface area contributed by atoms with Gasteiger partial charge < -0.3 is 5.32 Å². The summed E-state index contributed by atoms with van der Waals surface area (Å²) in [6.45, 7) is 11.1. The lowest BCUT2D eigenvalue weighted by molar-refractivity contribution is 0.511. The van der Waals surface area contributed by atoms with E-state index in [1.807, 2.05) is 11.8 Å². The summed E-state index contributed by atoms with van der Waals surface area (Å²) in [5.74, 6) is 3.86. The molecule has 0 aliphatic heterocycles. The molecule has 1 aromatic carbocycles. The van der Waals surface area contributed by atoms with E-state index in [1.54, 1.807) is 0 Å². The second kappa shape index (κ2) is 9.44. The Bertz CT molecular complexity index is 332. The third-order valence-electron chi connectivity index (χ3n) is 3.31. The predicted molar refractivity (Wildman–Crippen MR) is 89.2 cm³/mol. The molecule has 0 aromatic heterocycles. The van der Waals surface area contributed by atoms with Crippen molar-refractivity contribution in [2.24, 2.45) is 5.92 Å². The van der Waals surface area contributed by atoms with E-state index in [1.165, 1.54) is 29.1 Å². The van der Waals surface area contributed by atoms with Gasteiger partial charge in [-0.3, -0.25) is 0 Å². The minimum atomic E-state index is 0.651. The van der Waals surface area contributed by atoms with Gasteiger partial charge in [-0.2, -0.15) is 11.8 Å². The smallest absolute Gasteiger partial charge is 0.00205 e. The largest absolute Gasteiger partial charge is 0.316 e. The molecule has 0 aliphatic carbocycles. The van der Waals surface area contributed by atoms with Crippen LogP contribution in [0.2, 0.25) is 0 Å². The fourth-order valence-corrected chi connectivity index (χ4v) is 2.88. The van der Waals surface area contributed by atoms with Crippen molar-refractivity contribution in [1.29, 1.82) is 0 Å². The summed E-state index contributed by atoms with van der Waals surface area (Å²) in [4.78, 5) is 0. The highest BCUT2D eigenvalue weighted by atomic mass is 32.2. The first-order valence-electron chi connectivity index (χ1n) is 7.48. The maximum Gasteiger partial charge on any atom is 0.00205 e. The van der Waals surface area contributed by atoms with Crippen LogP contribution < -0.4 is 5.32 Å². The topological polar surface area (TPSA) is 12.0 Å². The van der Waals surface area contributed by atoms with E-state index in [0.29, 0.717) is 5.92 Å². The molecule has 2 heteroatoms. The lowest BCUT2D eigenvalue weighted by Crippen LogP contribution is -2.25. The van der Waals surface area contributed by atoms with E-state index in [2.05, 4.69) is 57.3 Å². The summed E-state index contributed by atoms with van der Waals surface area (Å²) in [5.41, 5.74) is 2.83. The van der Waals surface area contributed by atoms with Gasteiger partial charge in [-0.1, -0.05) is 50.6 Å². The van der Waals surface area contributed by atoms with Gasteiger partial charge >= 0.3 is 0 Å². The highest BCUT2D eigenvalue weighted by molar-refractivity contribution is 7.99. The van der Waals surface area contributed by atoms with Gasteiger partial charge in [0.1, 0.15) is 0 Å². The van der Waals surface area contributed by atoms with Gasteiger partial charge in [-0.05, 0) is 48.8 Å². The summed E-state index contributed by atoms with van der Waals surface area (Å²) in [6.07, 6.45) is 1.27. The number of nitrogens with one attached hydrogen (secondary N) is 1. The maximum absolute atomic E-state index is 3.62. The Kier molecular flexibility index (Phi) is 8.24. The van der Waals surface area contributed by atoms with Crippen LogP contribution in [0.15, 0.2) is 24.3 Å². The minimum absolute atomic E-state index is 0.651. The van der Waals surface area contributed by atoms with Crippen LogP contribution in [0.3, 0.4) is 0 Å². The zero-order valence-corrected chi connectivity index (χ0v) is 13.7. The third-order valence-corrected chi connectivity index (χ3v) is 4.24. The number of thioether (sulfide) groups is 1. The van der Waals surface area contributed by atoms with E-state index < -0.39 is 0 Å². The molecule has 0 fully saturated rings. The number of benzene rings is 1. The molecule has 0 saturated heterocycles. The first kappa shape index (κ1) is 16.6. The fourth-order valence-electron chi connectivity index (χ4n) is 2.14. The van der Waals surface area contributed by atoms with Crippen molar-refractivity contribution in [2.75, 3.05) is 24.6 Å². The monoisotopic (exact) mass is 279 g/mol. The van der Waals surface area contributed by atoms with Crippen LogP contribution >= 0.6 is 11.8 Å². The van der Waals surface area contributed by atoms with Gasteiger partial charge in [0.25, 0.3) is 0 Å². The Balaban J connectivity index is 2.54. The van der Waals surface area contributed by atoms with Crippen molar-refractivity contribution >= 4 is 11.8 Å². The standard InChI is InChI=1S/C17H29NS/c1-5-19-11-10-17(13-18-12-14(2)3)16-8-6-15(4)7-9-16/h6-9,14,17-18H,5,10-13H2,1-4H3. The van der Waals surface area contributed by atoms with Crippen molar-refractivity contribution in [1.82, 2.24) is 5.32 Å². The third kappa shape index (κ3) is 7.03. The maximum atomic E-state index is 3.62. The summed E-state index contributed by atoms with van der Waals surface area (Å²) in [7, 11) is 0. The Hall–Kier alpha value is -0.470. The molecule has 1 nitrogen and oxygen atoms in total. The Labute approximate surface area is 123 Å². The van der Waals surface area contributed by atoms with E-state index in [-0.39, 0.29) is 0 Å². The molecule has 0 radical (unpaired) electrons. The summed E-state index contributed by atoms with van der Waals surface area (Å²) in [5, 5.41) is 3.62. The zero-order chi connectivity index (χ0) is 14.1. The van der Waals surface area contributed by atoms with Gasteiger partial charge in [0, 0.05) is 6.54 Å². The zero-order valence-electron chi connectivity index (χ0n) is 12.9. The Morgan fingerprint density at radius 1 is 1.11 bits per heavy atom. The second-order valence-corrected chi connectivity index (χ2v) is 7.04. The normalized spacial score (nSPS) is 12.9. The fraction of sp³-hybridized carbons (Fsp3) is 0.647. The van der Waals surface area contributed by atoms with E-state index in [4.69, 9.17) is 0 Å². The number of hydrogen-bond donors (Lipinski definition) is 1. The molecule has 1 unspecified atom stereocenters. The lowest BCUT2D eigenvalue weighted by Gasteiger charge is -2.19. The quantitative estimate of drug-likeness (QED) is 0.669. The second-order valence-electron chi connectivity index (χ2n) is 5.65. The average Bonchev–Trinajstić information content (AvgIpc) is 2.38. The van der Waals surface area contributed by atoms with Crippen LogP contribution in [-0.4, -0.2) is 24.6 Å². The van der Waals surface area contributed by atoms with Gasteiger partial charge in [0.15, 0.2) is 0 Å². The number of aryl methyl sites for hydroxylation is 1. The molecule has 108 valence electrons. The van der Waals surface area contributed by atoms with Gasteiger partial charge in [-0.15, -0.1) is 0 Å². The van der Waals surface area contributed by atoms with Crippen LogP contribution in [-0.2, 0) is 0 Å². The van der Waals surface area contributed by atoms with E-state index in [0.717, 1.165) is 19.0 Å². The molecule has 1 aromatic rings. The SMILES string of the molecule is CCSCCC(CNCC(C)C)c1ccc(C)cc1. The predicted octanol–water partition coefficient (Wildman–Crippen LogP) is 4.47. The highest BCUT2D eigenvalue weighted by Crippen LogP contribution is 2.21. The van der Waals surface area contributed by atoms with Crippen LogP contribution in [0.4, 0.5) is 0 Å². The summed E-state index contributed by atoms with van der Waals surface area (Å²) >= 11 is 2.05. The molecule has 1 rings (SSSR count). The van der Waals surface area contributed by atoms with Crippen LogP contribution in [0, 0.1) is 12.8 Å². The molecular formula is C17H29NS. The number of rotatable bonds is 9. The Morgan fingerprint density at radius 3 is 2.37 bits per heavy atom. The molecule has 0 spiro atoms. The van der Waals surface area contributed by atoms with Crippen molar-refractivity contribution in [3.05, 3.63) is 35.4 Å². The molecule has 1 N–H and O–H groups in total. The van der Waals surface area contributed by atoms with Crippen molar-refractivity contribution in [2.45, 2.75) is 40.0 Å². The van der Waals surface area contributed by atoms with E-state index in [9.17, 15) is 0 Å². The minimum Gasteiger partial charge on any atom is -0.316 e. The van der Waals surface area contributed by atoms with E-state index >= 15 is 0 Å². The molecule has 19 heavy (non-hydrogen) atoms. The molecule has 1 atom stereocenters. The van der Waals surface area contributed by atoms with Gasteiger partial charge in [0.2, 0.25) is 0 Å². The van der Waals surface area contributed by atoms with Gasteiger partial charge in [-0.25, -0.2) is 0 Å². The van der Waals surface area contributed by atoms with Crippen molar-refractivity contribution < 1.29 is 0 Å². The molecule has 0 heterocycles. The molecule has 0 amide bonds. The number of hydrogen-bond acceptors (Lipinski definition) is 2. The Morgan fingerprint density at radius 2 is 1.79 bits per heavy atom. The van der Waals surface area contributed by atoms with Crippen LogP contribution in [0.25, 0.3) is 0 Å². The molecule has 0 saturated carbocycles. The molecular weight excluding hydrogens is 250 g/mol. The van der Waals surface area contributed by atoms with Crippen LogP contribution in [0.1, 0.15) is 44.2 Å². The summed E-state index contributed by atoms with van der Waals surface area (Å²) in [6, 6.07) is 9.07. The van der Waals surface area contributed by atoms with Crippen LogP contribution in [0.5, 0.6) is 0 Å². The molecule has 0 bridgehead atoms. The first-order chi connectivity index (χ1) is 9.13. The lowest BCUT2D eigenvalue weighted by atomic mass is 9.95. The first-order valence-corrected chi connectivity index (χ1v) is 8.64. The van der Waals surface area contributed by atoms with Crippen molar-refractivity contribution in [3.8, 4) is 0 Å².